The van der Waals surface area contributed by atoms with Crippen LogP contribution in [0, 0.1) is 5.92 Å². The lowest BCUT2D eigenvalue weighted by Gasteiger charge is -2.48. The number of hydrogen-bond donors (Lipinski definition) is 1. The minimum absolute atomic E-state index is 0.121. The maximum Gasteiger partial charge on any atom is 0.308 e. The third-order valence-electron chi connectivity index (χ3n) is 5.38. The maximum atomic E-state index is 11.5. The van der Waals surface area contributed by atoms with Crippen molar-refractivity contribution in [2.24, 2.45) is 5.92 Å². The van der Waals surface area contributed by atoms with Crippen molar-refractivity contribution in [2.45, 2.75) is 57.0 Å². The van der Waals surface area contributed by atoms with Gasteiger partial charge < -0.3 is 5.11 Å². The van der Waals surface area contributed by atoms with Gasteiger partial charge in [0.2, 0.25) is 0 Å². The molecule has 0 aromatic carbocycles. The normalized spacial score (nSPS) is 37.8. The van der Waals surface area contributed by atoms with Crippen molar-refractivity contribution in [1.82, 2.24) is 9.80 Å². The average Bonchev–Trinajstić information content (AvgIpc) is 2.46. The lowest BCUT2D eigenvalue weighted by molar-refractivity contribution is -0.146. The van der Waals surface area contributed by atoms with Crippen LogP contribution < -0.4 is 0 Å². The Bertz CT molecular complexity index is 334. The van der Waals surface area contributed by atoms with Gasteiger partial charge in [-0.1, -0.05) is 19.3 Å². The van der Waals surface area contributed by atoms with Crippen LogP contribution in [0.1, 0.15) is 44.9 Å². The number of hydrogen-bond acceptors (Lipinski definition) is 3. The highest BCUT2D eigenvalue weighted by molar-refractivity contribution is 5.71. The Kier molecular flexibility index (Phi) is 4.08. The number of nitrogens with zero attached hydrogens (tertiary/aromatic N) is 2. The quantitative estimate of drug-likeness (QED) is 0.828. The third-order valence-corrected chi connectivity index (χ3v) is 5.38. The summed E-state index contributed by atoms with van der Waals surface area (Å²) in [5.74, 6) is -0.695. The minimum atomic E-state index is -0.573. The molecule has 4 nitrogen and oxygen atoms in total. The maximum absolute atomic E-state index is 11.5. The molecule has 4 heteroatoms. The van der Waals surface area contributed by atoms with E-state index in [4.69, 9.17) is 0 Å². The summed E-state index contributed by atoms with van der Waals surface area (Å²) < 4.78 is 0. The number of piperazine rings is 1. The summed E-state index contributed by atoms with van der Waals surface area (Å²) >= 11 is 0. The zero-order chi connectivity index (χ0) is 13.2. The minimum Gasteiger partial charge on any atom is -0.481 e. The largest absolute Gasteiger partial charge is 0.481 e. The van der Waals surface area contributed by atoms with E-state index in [1.165, 1.54) is 32.2 Å². The molecule has 3 unspecified atom stereocenters. The SMILES string of the molecule is O=C(O)C1CCCCC1N1CCN2CCCCC2C1. The van der Waals surface area contributed by atoms with Crippen molar-refractivity contribution in [1.29, 1.82) is 0 Å². The second kappa shape index (κ2) is 5.80. The smallest absolute Gasteiger partial charge is 0.308 e. The van der Waals surface area contributed by atoms with Gasteiger partial charge >= 0.3 is 5.97 Å². The van der Waals surface area contributed by atoms with E-state index >= 15 is 0 Å². The molecule has 2 heterocycles. The monoisotopic (exact) mass is 266 g/mol. The number of carboxylic acids is 1. The van der Waals surface area contributed by atoms with E-state index in [1.54, 1.807) is 0 Å². The zero-order valence-electron chi connectivity index (χ0n) is 11.8. The molecule has 0 aromatic heterocycles. The van der Waals surface area contributed by atoms with E-state index < -0.39 is 5.97 Å². The van der Waals surface area contributed by atoms with Gasteiger partial charge in [0, 0.05) is 31.7 Å². The number of carboxylic acid groups (broad SMARTS) is 1. The lowest BCUT2D eigenvalue weighted by Crippen LogP contribution is -2.59. The van der Waals surface area contributed by atoms with Crippen LogP contribution >= 0.6 is 0 Å². The van der Waals surface area contributed by atoms with E-state index in [9.17, 15) is 9.90 Å². The summed E-state index contributed by atoms with van der Waals surface area (Å²) in [5, 5.41) is 9.43. The Balaban J connectivity index is 1.65. The molecule has 2 saturated heterocycles. The Labute approximate surface area is 115 Å². The third kappa shape index (κ3) is 2.79. The average molecular weight is 266 g/mol. The first-order valence-electron chi connectivity index (χ1n) is 7.96. The van der Waals surface area contributed by atoms with E-state index in [0.29, 0.717) is 12.1 Å². The summed E-state index contributed by atoms with van der Waals surface area (Å²) in [6, 6.07) is 0.995. The van der Waals surface area contributed by atoms with Gasteiger partial charge in [0.1, 0.15) is 0 Å². The molecular formula is C15H26N2O2. The van der Waals surface area contributed by atoms with Crippen LogP contribution in [-0.4, -0.2) is 59.1 Å². The van der Waals surface area contributed by atoms with Crippen LogP contribution in [0.3, 0.4) is 0 Å². The van der Waals surface area contributed by atoms with Gasteiger partial charge in [0.05, 0.1) is 5.92 Å². The molecule has 1 N–H and O–H groups in total. The van der Waals surface area contributed by atoms with Crippen LogP contribution in [-0.2, 0) is 4.79 Å². The fourth-order valence-corrected chi connectivity index (χ4v) is 4.32. The van der Waals surface area contributed by atoms with Gasteiger partial charge in [-0.05, 0) is 32.2 Å². The van der Waals surface area contributed by atoms with E-state index in [0.717, 1.165) is 38.9 Å². The van der Waals surface area contributed by atoms with Crippen molar-refractivity contribution in [3.05, 3.63) is 0 Å². The van der Waals surface area contributed by atoms with E-state index in [1.807, 2.05) is 0 Å². The molecule has 0 radical (unpaired) electrons. The van der Waals surface area contributed by atoms with Crippen molar-refractivity contribution < 1.29 is 9.90 Å². The Morgan fingerprint density at radius 1 is 0.895 bits per heavy atom. The molecule has 0 spiro atoms. The molecule has 1 aliphatic carbocycles. The van der Waals surface area contributed by atoms with Gasteiger partial charge in [0.15, 0.2) is 0 Å². The molecule has 108 valence electrons. The highest BCUT2D eigenvalue weighted by atomic mass is 16.4. The molecule has 19 heavy (non-hydrogen) atoms. The number of aliphatic carboxylic acids is 1. The second-order valence-electron chi connectivity index (χ2n) is 6.48. The lowest BCUT2D eigenvalue weighted by atomic mass is 9.82. The molecule has 3 fully saturated rings. The first-order chi connectivity index (χ1) is 9.25. The van der Waals surface area contributed by atoms with Crippen LogP contribution in [0.15, 0.2) is 0 Å². The number of rotatable bonds is 2. The van der Waals surface area contributed by atoms with Crippen molar-refractivity contribution in [2.75, 3.05) is 26.2 Å². The summed E-state index contributed by atoms with van der Waals surface area (Å²) in [5.41, 5.74) is 0. The van der Waals surface area contributed by atoms with Crippen LogP contribution in [0.4, 0.5) is 0 Å². The predicted molar refractivity (Wildman–Crippen MR) is 74.2 cm³/mol. The van der Waals surface area contributed by atoms with Crippen LogP contribution in [0.2, 0.25) is 0 Å². The van der Waals surface area contributed by atoms with Crippen molar-refractivity contribution in [3.63, 3.8) is 0 Å². The number of carbonyl (C=O) groups is 1. The Morgan fingerprint density at radius 3 is 2.47 bits per heavy atom. The van der Waals surface area contributed by atoms with Crippen molar-refractivity contribution in [3.8, 4) is 0 Å². The molecule has 2 aliphatic heterocycles. The molecule has 3 aliphatic rings. The summed E-state index contributed by atoms with van der Waals surface area (Å²) in [6.45, 7) is 4.58. The fourth-order valence-electron chi connectivity index (χ4n) is 4.32. The first-order valence-corrected chi connectivity index (χ1v) is 7.96. The molecule has 1 saturated carbocycles. The van der Waals surface area contributed by atoms with Gasteiger partial charge in [-0.15, -0.1) is 0 Å². The van der Waals surface area contributed by atoms with Gasteiger partial charge in [0.25, 0.3) is 0 Å². The number of fused-ring (bicyclic) bond motifs is 1. The second-order valence-corrected chi connectivity index (χ2v) is 6.48. The summed E-state index contributed by atoms with van der Waals surface area (Å²) in [4.78, 5) is 16.6. The highest BCUT2D eigenvalue weighted by Crippen LogP contribution is 2.31. The zero-order valence-corrected chi connectivity index (χ0v) is 11.8. The van der Waals surface area contributed by atoms with Crippen molar-refractivity contribution >= 4 is 5.97 Å². The molecule has 3 rings (SSSR count). The van der Waals surface area contributed by atoms with Crippen LogP contribution in [0.5, 0.6) is 0 Å². The molecular weight excluding hydrogens is 240 g/mol. The first kappa shape index (κ1) is 13.4. The summed E-state index contributed by atoms with van der Waals surface area (Å²) in [7, 11) is 0. The standard InChI is InChI=1S/C15H26N2O2/c18-15(19)13-6-1-2-7-14(13)17-10-9-16-8-4-3-5-12(16)11-17/h12-14H,1-11H2,(H,18,19). The Hall–Kier alpha value is -0.610. The van der Waals surface area contributed by atoms with Crippen LogP contribution in [0.25, 0.3) is 0 Å². The van der Waals surface area contributed by atoms with E-state index in [-0.39, 0.29) is 5.92 Å². The van der Waals surface area contributed by atoms with Gasteiger partial charge in [-0.3, -0.25) is 14.6 Å². The fraction of sp³-hybridized carbons (Fsp3) is 0.933. The molecule has 3 atom stereocenters. The predicted octanol–water partition coefficient (Wildman–Crippen LogP) is 1.80. The molecule has 0 bridgehead atoms. The van der Waals surface area contributed by atoms with Gasteiger partial charge in [-0.2, -0.15) is 0 Å². The van der Waals surface area contributed by atoms with E-state index in [2.05, 4.69) is 9.80 Å². The number of piperidine rings is 1. The highest BCUT2D eigenvalue weighted by Gasteiger charge is 2.38. The van der Waals surface area contributed by atoms with Gasteiger partial charge in [-0.25, -0.2) is 0 Å². The molecule has 0 amide bonds. The Morgan fingerprint density at radius 2 is 1.63 bits per heavy atom. The topological polar surface area (TPSA) is 43.8 Å². The summed E-state index contributed by atoms with van der Waals surface area (Å²) in [6.07, 6.45) is 8.27. The molecule has 0 aromatic rings.